The lowest BCUT2D eigenvalue weighted by atomic mass is 10.1. The number of nitrogens with one attached hydrogen (secondary N) is 1. The van der Waals surface area contributed by atoms with Gasteiger partial charge in [0.05, 0.1) is 24.0 Å². The highest BCUT2D eigenvalue weighted by Gasteiger charge is 2.13. The molecule has 3 N–H and O–H groups in total. The lowest BCUT2D eigenvalue weighted by Gasteiger charge is -1.99. The van der Waals surface area contributed by atoms with Gasteiger partial charge in [0.15, 0.2) is 5.76 Å². The van der Waals surface area contributed by atoms with Crippen LogP contribution in [0.3, 0.4) is 0 Å². The molecule has 0 aliphatic heterocycles. The van der Waals surface area contributed by atoms with Gasteiger partial charge in [0, 0.05) is 23.5 Å². The predicted molar refractivity (Wildman–Crippen MR) is 117 cm³/mol. The van der Waals surface area contributed by atoms with E-state index in [9.17, 15) is 9.59 Å². The molecule has 0 saturated heterocycles. The number of primary amides is 1. The van der Waals surface area contributed by atoms with Gasteiger partial charge in [-0.3, -0.25) is 19.0 Å². The lowest BCUT2D eigenvalue weighted by molar-refractivity contribution is -0.118. The molecule has 4 rings (SSSR count). The molecule has 3 heterocycles. The minimum atomic E-state index is -0.519. The number of carbonyl (C=O) groups excluding carboxylic acids is 2. The van der Waals surface area contributed by atoms with Crippen LogP contribution in [-0.2, 0) is 17.9 Å². The number of rotatable bonds is 8. The van der Waals surface area contributed by atoms with E-state index in [1.165, 1.54) is 17.1 Å². The molecule has 162 valence electrons. The minimum Gasteiger partial charge on any atom is -0.454 e. The van der Waals surface area contributed by atoms with E-state index in [2.05, 4.69) is 20.7 Å². The predicted octanol–water partition coefficient (Wildman–Crippen LogP) is 2.29. The topological polar surface area (TPSA) is 133 Å². The van der Waals surface area contributed by atoms with Crippen LogP contribution in [0.1, 0.15) is 21.9 Å². The molecule has 0 aliphatic rings. The Balaban J connectivity index is 1.46. The number of hydrogen-bond donors (Lipinski definition) is 2. The smallest absolute Gasteiger partial charge is 0.307 e. The molecule has 0 aliphatic carbocycles. The summed E-state index contributed by atoms with van der Waals surface area (Å²) in [5.41, 5.74) is 9.72. The van der Waals surface area contributed by atoms with E-state index in [0.29, 0.717) is 28.6 Å². The van der Waals surface area contributed by atoms with Crippen molar-refractivity contribution in [3.05, 3.63) is 83.2 Å². The zero-order chi connectivity index (χ0) is 22.5. The van der Waals surface area contributed by atoms with Crippen LogP contribution in [0.4, 0.5) is 0 Å². The molecule has 0 radical (unpaired) electrons. The summed E-state index contributed by atoms with van der Waals surface area (Å²) in [5.74, 6) is -0.396. The van der Waals surface area contributed by atoms with E-state index in [1.54, 1.807) is 29.2 Å². The molecule has 0 saturated carbocycles. The molecule has 0 atom stereocenters. The summed E-state index contributed by atoms with van der Waals surface area (Å²) >= 11 is 5.84. The quantitative estimate of drug-likeness (QED) is 0.313. The number of amides is 2. The van der Waals surface area contributed by atoms with Crippen molar-refractivity contribution in [2.24, 2.45) is 10.8 Å². The van der Waals surface area contributed by atoms with Gasteiger partial charge in [-0.1, -0.05) is 41.9 Å². The SMILES string of the molecule is NC(=O)Cn1cc(/C=N\NC(=O)c2ccc(Cn3cc(Cl)cn3)o2)c(-c2ccccc2)n1. The first-order valence-electron chi connectivity index (χ1n) is 9.49. The van der Waals surface area contributed by atoms with Gasteiger partial charge in [-0.25, -0.2) is 5.43 Å². The normalized spacial score (nSPS) is 11.2. The molecule has 0 unspecified atom stereocenters. The second-order valence-electron chi connectivity index (χ2n) is 6.78. The van der Waals surface area contributed by atoms with Crippen LogP contribution in [0.5, 0.6) is 0 Å². The lowest BCUT2D eigenvalue weighted by Crippen LogP contribution is -2.18. The van der Waals surface area contributed by atoms with Crippen molar-refractivity contribution in [3.8, 4) is 11.3 Å². The zero-order valence-electron chi connectivity index (χ0n) is 16.7. The van der Waals surface area contributed by atoms with Crippen molar-refractivity contribution < 1.29 is 14.0 Å². The minimum absolute atomic E-state index is 0.0727. The first-order valence-corrected chi connectivity index (χ1v) is 9.87. The summed E-state index contributed by atoms with van der Waals surface area (Å²) in [5, 5.41) is 13.0. The third kappa shape index (κ3) is 5.10. The molecule has 0 fully saturated rings. The van der Waals surface area contributed by atoms with Crippen LogP contribution in [0, 0.1) is 0 Å². The molecular formula is C21H18ClN7O3. The van der Waals surface area contributed by atoms with Crippen molar-refractivity contribution >= 4 is 29.6 Å². The number of nitrogens with zero attached hydrogens (tertiary/aromatic N) is 5. The molecule has 3 aromatic heterocycles. The van der Waals surface area contributed by atoms with Crippen LogP contribution in [0.2, 0.25) is 5.02 Å². The Hall–Kier alpha value is -4.18. The monoisotopic (exact) mass is 451 g/mol. The van der Waals surface area contributed by atoms with E-state index < -0.39 is 11.8 Å². The maximum atomic E-state index is 12.4. The Kier molecular flexibility index (Phi) is 6.13. The zero-order valence-corrected chi connectivity index (χ0v) is 17.4. The fourth-order valence-corrected chi connectivity index (χ4v) is 3.13. The highest BCUT2D eigenvalue weighted by molar-refractivity contribution is 6.30. The Morgan fingerprint density at radius 2 is 1.97 bits per heavy atom. The van der Waals surface area contributed by atoms with Crippen LogP contribution < -0.4 is 11.2 Å². The Morgan fingerprint density at radius 1 is 1.16 bits per heavy atom. The van der Waals surface area contributed by atoms with E-state index in [0.717, 1.165) is 5.56 Å². The number of furan rings is 1. The molecular weight excluding hydrogens is 434 g/mol. The van der Waals surface area contributed by atoms with Gasteiger partial charge >= 0.3 is 5.91 Å². The van der Waals surface area contributed by atoms with Crippen molar-refractivity contribution in [1.29, 1.82) is 0 Å². The number of nitrogens with two attached hydrogens (primary N) is 1. The maximum Gasteiger partial charge on any atom is 0.307 e. The van der Waals surface area contributed by atoms with Gasteiger partial charge in [0.1, 0.15) is 18.0 Å². The van der Waals surface area contributed by atoms with Crippen LogP contribution >= 0.6 is 11.6 Å². The number of halogens is 1. The first-order chi connectivity index (χ1) is 15.5. The van der Waals surface area contributed by atoms with Gasteiger partial charge in [-0.2, -0.15) is 15.3 Å². The number of hydrazone groups is 1. The van der Waals surface area contributed by atoms with E-state index >= 15 is 0 Å². The number of hydrogen-bond acceptors (Lipinski definition) is 6. The van der Waals surface area contributed by atoms with Crippen molar-refractivity contribution in [2.75, 3.05) is 0 Å². The molecule has 10 nitrogen and oxygen atoms in total. The van der Waals surface area contributed by atoms with E-state index in [-0.39, 0.29) is 12.3 Å². The van der Waals surface area contributed by atoms with Gasteiger partial charge < -0.3 is 10.2 Å². The molecule has 4 aromatic rings. The van der Waals surface area contributed by atoms with Crippen LogP contribution in [0.25, 0.3) is 11.3 Å². The molecule has 1 aromatic carbocycles. The Morgan fingerprint density at radius 3 is 2.69 bits per heavy atom. The molecule has 0 bridgehead atoms. The fourth-order valence-electron chi connectivity index (χ4n) is 2.98. The third-order valence-corrected chi connectivity index (χ3v) is 4.52. The van der Waals surface area contributed by atoms with Crippen molar-refractivity contribution in [1.82, 2.24) is 25.0 Å². The second kappa shape index (κ2) is 9.31. The van der Waals surface area contributed by atoms with Gasteiger partial charge in [0.25, 0.3) is 0 Å². The van der Waals surface area contributed by atoms with Gasteiger partial charge in [0.2, 0.25) is 5.91 Å². The average Bonchev–Trinajstić information content (AvgIpc) is 3.49. The summed E-state index contributed by atoms with van der Waals surface area (Å²) in [7, 11) is 0. The average molecular weight is 452 g/mol. The van der Waals surface area contributed by atoms with Crippen LogP contribution in [-0.4, -0.2) is 37.6 Å². The molecule has 0 spiro atoms. The Labute approximate surface area is 187 Å². The van der Waals surface area contributed by atoms with E-state index in [4.69, 9.17) is 21.8 Å². The number of aromatic nitrogens is 4. The summed E-state index contributed by atoms with van der Waals surface area (Å²) in [6.07, 6.45) is 6.24. The molecule has 11 heteroatoms. The first kappa shape index (κ1) is 21.1. The largest absolute Gasteiger partial charge is 0.454 e. The number of carbonyl (C=O) groups is 2. The molecule has 32 heavy (non-hydrogen) atoms. The molecule has 2 amide bonds. The van der Waals surface area contributed by atoms with Crippen LogP contribution in [0.15, 0.2) is 70.6 Å². The summed E-state index contributed by atoms with van der Waals surface area (Å²) in [4.78, 5) is 23.6. The third-order valence-electron chi connectivity index (χ3n) is 4.33. The van der Waals surface area contributed by atoms with E-state index in [1.807, 2.05) is 30.3 Å². The van der Waals surface area contributed by atoms with Gasteiger partial charge in [-0.15, -0.1) is 0 Å². The van der Waals surface area contributed by atoms with Crippen molar-refractivity contribution in [3.63, 3.8) is 0 Å². The Bertz CT molecular complexity index is 1270. The standard InChI is InChI=1S/C21H18ClN7O3/c22-16-9-25-28(11-16)12-17-6-7-18(32-17)21(31)26-24-8-15-10-29(13-19(23)30)27-20(15)14-4-2-1-3-5-14/h1-11H,12-13H2,(H2,23,30)(H,26,31)/b24-8-. The van der Waals surface area contributed by atoms with Crippen molar-refractivity contribution in [2.45, 2.75) is 13.1 Å². The second-order valence-corrected chi connectivity index (χ2v) is 7.22. The highest BCUT2D eigenvalue weighted by Crippen LogP contribution is 2.20. The maximum absolute atomic E-state index is 12.4. The fraction of sp³-hybridized carbons (Fsp3) is 0.0952. The number of benzene rings is 1. The summed E-state index contributed by atoms with van der Waals surface area (Å²) in [6, 6.07) is 12.6. The summed E-state index contributed by atoms with van der Waals surface area (Å²) < 4.78 is 8.56. The highest BCUT2D eigenvalue weighted by atomic mass is 35.5. The summed E-state index contributed by atoms with van der Waals surface area (Å²) in [6.45, 7) is 0.263. The van der Waals surface area contributed by atoms with Gasteiger partial charge in [-0.05, 0) is 12.1 Å².